The van der Waals surface area contributed by atoms with Crippen LogP contribution in [0.1, 0.15) is 25.3 Å². The van der Waals surface area contributed by atoms with Gasteiger partial charge in [0.15, 0.2) is 0 Å². The Kier molecular flexibility index (Phi) is 3.04. The maximum absolute atomic E-state index is 10.9. The van der Waals surface area contributed by atoms with Crippen molar-refractivity contribution in [2.75, 3.05) is 0 Å². The monoisotopic (exact) mass is 212 g/mol. The number of rotatable bonds is 3. The Bertz CT molecular complexity index is 428. The van der Waals surface area contributed by atoms with E-state index in [4.69, 9.17) is 0 Å². The summed E-state index contributed by atoms with van der Waals surface area (Å²) < 4.78 is 0. The maximum Gasteiger partial charge on any atom is 0.121 e. The summed E-state index contributed by atoms with van der Waals surface area (Å²) >= 11 is 0. The van der Waals surface area contributed by atoms with Gasteiger partial charge in [-0.1, -0.05) is 54.1 Å². The third kappa shape index (κ3) is 1.73. The quantitative estimate of drug-likeness (QED) is 0.554. The van der Waals surface area contributed by atoms with Gasteiger partial charge in [0.1, 0.15) is 6.29 Å². The van der Waals surface area contributed by atoms with Gasteiger partial charge in [-0.15, -0.1) is 0 Å². The van der Waals surface area contributed by atoms with Gasteiger partial charge in [0, 0.05) is 11.8 Å². The third-order valence-electron chi connectivity index (χ3n) is 3.36. The Morgan fingerprint density at radius 2 is 2.06 bits per heavy atom. The molecule has 0 heterocycles. The zero-order chi connectivity index (χ0) is 11.4. The molecule has 2 rings (SSSR count). The summed E-state index contributed by atoms with van der Waals surface area (Å²) in [5.74, 6) is 0. The SMILES string of the molecule is CC1=CCC=CC1(CC=O)c1ccccc1. The van der Waals surface area contributed by atoms with Gasteiger partial charge in [-0.05, 0) is 18.9 Å². The van der Waals surface area contributed by atoms with Gasteiger partial charge in [-0.25, -0.2) is 0 Å². The van der Waals surface area contributed by atoms with E-state index in [9.17, 15) is 4.79 Å². The van der Waals surface area contributed by atoms with Crippen LogP contribution in [-0.4, -0.2) is 6.29 Å². The molecule has 1 aliphatic rings. The van der Waals surface area contributed by atoms with Crippen molar-refractivity contribution in [1.29, 1.82) is 0 Å². The summed E-state index contributed by atoms with van der Waals surface area (Å²) in [6.07, 6.45) is 9.03. The van der Waals surface area contributed by atoms with Gasteiger partial charge < -0.3 is 4.79 Å². The van der Waals surface area contributed by atoms with Crippen LogP contribution >= 0.6 is 0 Å². The van der Waals surface area contributed by atoms with E-state index in [0.717, 1.165) is 12.7 Å². The topological polar surface area (TPSA) is 17.1 Å². The largest absolute Gasteiger partial charge is 0.303 e. The fourth-order valence-corrected chi connectivity index (χ4v) is 2.37. The third-order valence-corrected chi connectivity index (χ3v) is 3.36. The van der Waals surface area contributed by atoms with Crippen LogP contribution in [0, 0.1) is 0 Å². The number of hydrogen-bond donors (Lipinski definition) is 0. The maximum atomic E-state index is 10.9. The Morgan fingerprint density at radius 1 is 1.31 bits per heavy atom. The van der Waals surface area contributed by atoms with Crippen molar-refractivity contribution in [2.45, 2.75) is 25.2 Å². The van der Waals surface area contributed by atoms with Crippen molar-refractivity contribution in [2.24, 2.45) is 0 Å². The summed E-state index contributed by atoms with van der Waals surface area (Å²) in [6, 6.07) is 10.2. The molecule has 0 bridgehead atoms. The molecule has 1 nitrogen and oxygen atoms in total. The minimum absolute atomic E-state index is 0.207. The zero-order valence-electron chi connectivity index (χ0n) is 9.52. The lowest BCUT2D eigenvalue weighted by molar-refractivity contribution is -0.108. The minimum atomic E-state index is -0.207. The molecule has 0 N–H and O–H groups in total. The second-order valence-corrected chi connectivity index (χ2v) is 4.23. The highest BCUT2D eigenvalue weighted by molar-refractivity contribution is 5.59. The average molecular weight is 212 g/mol. The van der Waals surface area contributed by atoms with Gasteiger partial charge in [-0.2, -0.15) is 0 Å². The molecular weight excluding hydrogens is 196 g/mol. The van der Waals surface area contributed by atoms with Crippen molar-refractivity contribution >= 4 is 6.29 Å². The minimum Gasteiger partial charge on any atom is -0.303 e. The van der Waals surface area contributed by atoms with E-state index >= 15 is 0 Å². The van der Waals surface area contributed by atoms with Crippen LogP contribution in [0.5, 0.6) is 0 Å². The van der Waals surface area contributed by atoms with Crippen molar-refractivity contribution in [3.63, 3.8) is 0 Å². The molecule has 0 aromatic heterocycles. The molecule has 0 saturated heterocycles. The summed E-state index contributed by atoms with van der Waals surface area (Å²) in [5.41, 5.74) is 2.27. The number of allylic oxidation sites excluding steroid dienone is 4. The molecule has 82 valence electrons. The molecule has 0 amide bonds. The second kappa shape index (κ2) is 4.48. The van der Waals surface area contributed by atoms with Crippen LogP contribution in [-0.2, 0) is 10.2 Å². The van der Waals surface area contributed by atoms with Crippen LogP contribution in [0.25, 0.3) is 0 Å². The van der Waals surface area contributed by atoms with E-state index < -0.39 is 0 Å². The van der Waals surface area contributed by atoms with Crippen molar-refractivity contribution in [1.82, 2.24) is 0 Å². The molecule has 1 heteroatoms. The molecule has 0 radical (unpaired) electrons. The first kappa shape index (κ1) is 10.9. The van der Waals surface area contributed by atoms with E-state index in [1.807, 2.05) is 18.2 Å². The van der Waals surface area contributed by atoms with Crippen LogP contribution in [0.4, 0.5) is 0 Å². The summed E-state index contributed by atoms with van der Waals surface area (Å²) in [4.78, 5) is 10.9. The predicted molar refractivity (Wildman–Crippen MR) is 66.3 cm³/mol. The first-order valence-electron chi connectivity index (χ1n) is 5.64. The van der Waals surface area contributed by atoms with E-state index in [-0.39, 0.29) is 5.41 Å². The summed E-state index contributed by atoms with van der Waals surface area (Å²) in [5, 5.41) is 0. The van der Waals surface area contributed by atoms with Gasteiger partial charge in [0.25, 0.3) is 0 Å². The first-order chi connectivity index (χ1) is 7.79. The van der Waals surface area contributed by atoms with Crippen molar-refractivity contribution < 1.29 is 4.79 Å². The Labute approximate surface area is 96.5 Å². The van der Waals surface area contributed by atoms with Gasteiger partial charge in [0.2, 0.25) is 0 Å². The highest BCUT2D eigenvalue weighted by Crippen LogP contribution is 2.38. The highest BCUT2D eigenvalue weighted by atomic mass is 16.1. The van der Waals surface area contributed by atoms with E-state index in [1.165, 1.54) is 11.1 Å². The van der Waals surface area contributed by atoms with Crippen LogP contribution in [0.2, 0.25) is 0 Å². The van der Waals surface area contributed by atoms with Crippen molar-refractivity contribution in [3.8, 4) is 0 Å². The van der Waals surface area contributed by atoms with E-state index in [0.29, 0.717) is 6.42 Å². The molecule has 1 aromatic carbocycles. The lowest BCUT2D eigenvalue weighted by Crippen LogP contribution is -2.27. The molecule has 0 spiro atoms. The fourth-order valence-electron chi connectivity index (χ4n) is 2.37. The number of carbonyl (C=O) groups is 1. The van der Waals surface area contributed by atoms with Crippen molar-refractivity contribution in [3.05, 3.63) is 59.7 Å². The van der Waals surface area contributed by atoms with Gasteiger partial charge >= 0.3 is 0 Å². The average Bonchev–Trinajstić information content (AvgIpc) is 2.34. The number of benzene rings is 1. The smallest absolute Gasteiger partial charge is 0.121 e. The van der Waals surface area contributed by atoms with E-state index in [2.05, 4.69) is 37.3 Å². The predicted octanol–water partition coefficient (Wildman–Crippen LogP) is 3.42. The highest BCUT2D eigenvalue weighted by Gasteiger charge is 2.31. The number of carbonyl (C=O) groups excluding carboxylic acids is 1. The molecule has 0 saturated carbocycles. The zero-order valence-corrected chi connectivity index (χ0v) is 9.52. The Balaban J connectivity index is 2.51. The molecule has 16 heavy (non-hydrogen) atoms. The standard InChI is InChI=1S/C15H16O/c1-13-7-5-6-10-15(13,11-12-16)14-8-3-2-4-9-14/h2-4,6-10,12H,5,11H2,1H3. The molecule has 0 aliphatic heterocycles. The molecule has 1 unspecified atom stereocenters. The molecule has 1 aliphatic carbocycles. The molecular formula is C15H16O. The number of hydrogen-bond acceptors (Lipinski definition) is 1. The molecule has 1 aromatic rings. The van der Waals surface area contributed by atoms with Crippen LogP contribution in [0.15, 0.2) is 54.1 Å². The Hall–Kier alpha value is -1.63. The van der Waals surface area contributed by atoms with Gasteiger partial charge in [0.05, 0.1) is 0 Å². The summed E-state index contributed by atoms with van der Waals surface area (Å²) in [7, 11) is 0. The van der Waals surface area contributed by atoms with Gasteiger partial charge in [-0.3, -0.25) is 0 Å². The first-order valence-corrected chi connectivity index (χ1v) is 5.64. The molecule has 1 atom stereocenters. The van der Waals surface area contributed by atoms with Crippen LogP contribution < -0.4 is 0 Å². The lowest BCUT2D eigenvalue weighted by Gasteiger charge is -2.33. The van der Waals surface area contributed by atoms with Crippen LogP contribution in [0.3, 0.4) is 0 Å². The molecule has 0 fully saturated rings. The summed E-state index contributed by atoms with van der Waals surface area (Å²) in [6.45, 7) is 2.11. The van der Waals surface area contributed by atoms with E-state index in [1.54, 1.807) is 0 Å². The normalized spacial score (nSPS) is 23.9. The fraction of sp³-hybridized carbons (Fsp3) is 0.267. The lowest BCUT2D eigenvalue weighted by atomic mass is 9.70. The second-order valence-electron chi connectivity index (χ2n) is 4.23. The number of aldehydes is 1. The Morgan fingerprint density at radius 3 is 2.69 bits per heavy atom.